The number of hydrogen-bond donors (Lipinski definition) is 1. The van der Waals surface area contributed by atoms with Crippen LogP contribution in [-0.4, -0.2) is 29.1 Å². The fourth-order valence-electron chi connectivity index (χ4n) is 4.89. The maximum absolute atomic E-state index is 10.2. The van der Waals surface area contributed by atoms with Crippen LogP contribution in [0.4, 0.5) is 0 Å². The molecule has 4 saturated heterocycles. The molecule has 1 unspecified atom stereocenters. The normalized spacial score (nSPS) is 61.8. The Balaban J connectivity index is 1.82. The molecule has 5 heteroatoms. The van der Waals surface area contributed by atoms with Gasteiger partial charge in [0.25, 0.3) is 0 Å². The van der Waals surface area contributed by atoms with Crippen molar-refractivity contribution in [3.8, 4) is 0 Å². The van der Waals surface area contributed by atoms with E-state index in [0.29, 0.717) is 11.8 Å². The van der Waals surface area contributed by atoms with Crippen molar-refractivity contribution in [1.29, 1.82) is 0 Å². The van der Waals surface area contributed by atoms with Crippen LogP contribution in [0.2, 0.25) is 0 Å². The van der Waals surface area contributed by atoms with Crippen molar-refractivity contribution in [2.75, 3.05) is 0 Å². The van der Waals surface area contributed by atoms with E-state index in [0.717, 1.165) is 19.3 Å². The average Bonchev–Trinajstić information content (AvgIpc) is 2.63. The highest BCUT2D eigenvalue weighted by atomic mass is 17.3. The molecular weight excluding hydrogens is 260 g/mol. The number of aliphatic hydroxyl groups excluding tert-OH is 1. The summed E-state index contributed by atoms with van der Waals surface area (Å²) in [4.78, 5) is 11.6. The number of aliphatic hydroxyl groups is 1. The SMILES string of the molecule is C[C@@H]1CC[C@H]2[C@H](C)C(O)O[C@@H]3O[C@@]4(C)CC[C@@H]1[C@]32OO4. The first-order valence-corrected chi connectivity index (χ1v) is 7.84. The fraction of sp³-hybridized carbons (Fsp3) is 1.00. The standard InChI is InChI=1S/C15H24O5/c1-8-4-5-11-9(2)12(16)17-13-15(11)10(8)6-7-14(3,18-13)19-20-15/h8-13,16H,4-7H2,1-3H3/t8-,9+,10+,11+,12?,13-,14-,15-/m1/s1. The summed E-state index contributed by atoms with van der Waals surface area (Å²) >= 11 is 0. The zero-order valence-corrected chi connectivity index (χ0v) is 12.4. The highest BCUT2D eigenvalue weighted by Gasteiger charge is 2.69. The van der Waals surface area contributed by atoms with Gasteiger partial charge in [-0.25, -0.2) is 9.78 Å². The average molecular weight is 284 g/mol. The van der Waals surface area contributed by atoms with Gasteiger partial charge in [0.15, 0.2) is 18.2 Å². The van der Waals surface area contributed by atoms with E-state index < -0.39 is 24.0 Å². The zero-order chi connectivity index (χ0) is 14.1. The van der Waals surface area contributed by atoms with Gasteiger partial charge < -0.3 is 14.6 Å². The lowest BCUT2D eigenvalue weighted by molar-refractivity contribution is -0.576. The molecule has 0 aromatic rings. The van der Waals surface area contributed by atoms with Crippen LogP contribution in [-0.2, 0) is 19.2 Å². The Morgan fingerprint density at radius 1 is 1.05 bits per heavy atom. The summed E-state index contributed by atoms with van der Waals surface area (Å²) in [7, 11) is 0. The van der Waals surface area contributed by atoms with Crippen LogP contribution in [0.1, 0.15) is 46.5 Å². The molecule has 2 bridgehead atoms. The predicted molar refractivity (Wildman–Crippen MR) is 69.0 cm³/mol. The van der Waals surface area contributed by atoms with Crippen molar-refractivity contribution in [2.24, 2.45) is 23.7 Å². The third kappa shape index (κ3) is 1.56. The van der Waals surface area contributed by atoms with E-state index in [-0.39, 0.29) is 11.8 Å². The highest BCUT2D eigenvalue weighted by Crippen LogP contribution is 2.60. The van der Waals surface area contributed by atoms with Gasteiger partial charge in [-0.15, -0.1) is 0 Å². The smallest absolute Gasteiger partial charge is 0.201 e. The van der Waals surface area contributed by atoms with Gasteiger partial charge in [0.05, 0.1) is 0 Å². The lowest BCUT2D eigenvalue weighted by atomic mass is 9.58. The molecule has 1 spiro atoms. The molecule has 114 valence electrons. The minimum Gasteiger partial charge on any atom is -0.368 e. The third-order valence-electron chi connectivity index (χ3n) is 6.12. The van der Waals surface area contributed by atoms with Crippen LogP contribution < -0.4 is 0 Å². The second-order valence-corrected chi connectivity index (χ2v) is 7.30. The molecule has 1 saturated carbocycles. The molecule has 4 heterocycles. The lowest BCUT2D eigenvalue weighted by Crippen LogP contribution is -2.70. The van der Waals surface area contributed by atoms with E-state index in [2.05, 4.69) is 6.92 Å². The maximum Gasteiger partial charge on any atom is 0.201 e. The number of ether oxygens (including phenoxy) is 2. The monoisotopic (exact) mass is 284 g/mol. The second kappa shape index (κ2) is 4.17. The summed E-state index contributed by atoms with van der Waals surface area (Å²) in [5.41, 5.74) is -0.549. The van der Waals surface area contributed by atoms with Gasteiger partial charge in [-0.05, 0) is 38.0 Å². The molecule has 5 nitrogen and oxygen atoms in total. The molecule has 8 atom stereocenters. The van der Waals surface area contributed by atoms with Crippen LogP contribution in [0.25, 0.3) is 0 Å². The Kier molecular flexibility index (Phi) is 2.81. The molecule has 0 aromatic carbocycles. The molecule has 20 heavy (non-hydrogen) atoms. The Hall–Kier alpha value is -0.200. The van der Waals surface area contributed by atoms with Gasteiger partial charge in [-0.1, -0.05) is 13.8 Å². The van der Waals surface area contributed by atoms with Gasteiger partial charge in [-0.3, -0.25) is 0 Å². The van der Waals surface area contributed by atoms with Gasteiger partial charge in [0.2, 0.25) is 5.79 Å². The van der Waals surface area contributed by atoms with Gasteiger partial charge >= 0.3 is 0 Å². The highest BCUT2D eigenvalue weighted by molar-refractivity contribution is 5.08. The predicted octanol–water partition coefficient (Wildman–Crippen LogP) is 2.19. The second-order valence-electron chi connectivity index (χ2n) is 7.30. The summed E-state index contributed by atoms with van der Waals surface area (Å²) in [5.74, 6) is 0.437. The molecule has 1 N–H and O–H groups in total. The molecule has 5 aliphatic rings. The number of hydrogen-bond acceptors (Lipinski definition) is 5. The van der Waals surface area contributed by atoms with E-state index in [9.17, 15) is 5.11 Å². The van der Waals surface area contributed by atoms with Gasteiger partial charge in [0, 0.05) is 18.3 Å². The fourth-order valence-corrected chi connectivity index (χ4v) is 4.89. The van der Waals surface area contributed by atoms with Crippen LogP contribution in [0.3, 0.4) is 0 Å². The Labute approximate surface area is 119 Å². The molecule has 0 radical (unpaired) electrons. The Morgan fingerprint density at radius 3 is 2.65 bits per heavy atom. The van der Waals surface area contributed by atoms with Crippen molar-refractivity contribution in [3.05, 3.63) is 0 Å². The van der Waals surface area contributed by atoms with E-state index in [1.165, 1.54) is 6.42 Å². The van der Waals surface area contributed by atoms with Crippen LogP contribution in [0, 0.1) is 23.7 Å². The first kappa shape index (κ1) is 13.5. The van der Waals surface area contributed by atoms with Gasteiger partial charge in [-0.2, -0.15) is 0 Å². The summed E-state index contributed by atoms with van der Waals surface area (Å²) < 4.78 is 11.9. The third-order valence-corrected chi connectivity index (χ3v) is 6.12. The quantitative estimate of drug-likeness (QED) is 0.691. The van der Waals surface area contributed by atoms with E-state index >= 15 is 0 Å². The van der Waals surface area contributed by atoms with E-state index in [4.69, 9.17) is 19.2 Å². The topological polar surface area (TPSA) is 57.2 Å². The van der Waals surface area contributed by atoms with E-state index in [1.54, 1.807) is 0 Å². The van der Waals surface area contributed by atoms with Gasteiger partial charge in [0.1, 0.15) is 0 Å². The molecule has 4 aliphatic heterocycles. The Morgan fingerprint density at radius 2 is 1.85 bits per heavy atom. The molecule has 1 aliphatic carbocycles. The lowest BCUT2D eigenvalue weighted by Gasteiger charge is -2.59. The minimum atomic E-state index is -0.781. The van der Waals surface area contributed by atoms with Crippen molar-refractivity contribution >= 4 is 0 Å². The van der Waals surface area contributed by atoms with Crippen molar-refractivity contribution in [1.82, 2.24) is 0 Å². The number of fused-ring (bicyclic) bond motifs is 2. The first-order valence-electron chi connectivity index (χ1n) is 7.84. The van der Waals surface area contributed by atoms with Crippen LogP contribution >= 0.6 is 0 Å². The van der Waals surface area contributed by atoms with Crippen molar-refractivity contribution in [2.45, 2.75) is 70.4 Å². The Bertz CT molecular complexity index is 411. The zero-order valence-electron chi connectivity index (χ0n) is 12.4. The number of rotatable bonds is 0. The molecule has 0 amide bonds. The first-order chi connectivity index (χ1) is 9.46. The van der Waals surface area contributed by atoms with Crippen molar-refractivity contribution < 1.29 is 24.4 Å². The summed E-state index contributed by atoms with van der Waals surface area (Å²) in [6.07, 6.45) is 2.72. The largest absolute Gasteiger partial charge is 0.368 e. The van der Waals surface area contributed by atoms with Crippen LogP contribution in [0.5, 0.6) is 0 Å². The molecule has 0 aromatic heterocycles. The maximum atomic E-state index is 10.2. The summed E-state index contributed by atoms with van der Waals surface area (Å²) in [5, 5.41) is 10.2. The van der Waals surface area contributed by atoms with Crippen LogP contribution in [0.15, 0.2) is 0 Å². The molecule has 5 rings (SSSR count). The summed E-state index contributed by atoms with van der Waals surface area (Å²) in [6.45, 7) is 6.22. The van der Waals surface area contributed by atoms with E-state index in [1.807, 2.05) is 13.8 Å². The minimum absolute atomic E-state index is 0.0379. The summed E-state index contributed by atoms with van der Waals surface area (Å²) in [6, 6.07) is 0. The molecular formula is C15H24O5. The van der Waals surface area contributed by atoms with Crippen molar-refractivity contribution in [3.63, 3.8) is 0 Å². The molecule has 5 fully saturated rings.